The van der Waals surface area contributed by atoms with E-state index in [-0.39, 0.29) is 48.3 Å². The third kappa shape index (κ3) is 4.42. The number of rotatable bonds is 5. The van der Waals surface area contributed by atoms with Gasteiger partial charge in [-0.05, 0) is 37.3 Å². The summed E-state index contributed by atoms with van der Waals surface area (Å²) in [6.07, 6.45) is 0. The number of amides is 1. The molecule has 0 unspecified atom stereocenters. The van der Waals surface area contributed by atoms with Crippen molar-refractivity contribution in [3.05, 3.63) is 65.2 Å². The molecule has 30 heavy (non-hydrogen) atoms. The number of ether oxygens (including phenoxy) is 1. The SMILES string of the molecule is COC(=O)c1cccc(C(=O)N2CCN(S(=O)(=O)c3cccc(C(C)=O)c3)CC2)c1. The molecule has 0 bridgehead atoms. The largest absolute Gasteiger partial charge is 0.465 e. The quantitative estimate of drug-likeness (QED) is 0.530. The number of hydrogen-bond donors (Lipinski definition) is 0. The highest BCUT2D eigenvalue weighted by atomic mass is 32.2. The Labute approximate surface area is 175 Å². The van der Waals surface area contributed by atoms with E-state index >= 15 is 0 Å². The molecule has 1 aliphatic rings. The average Bonchev–Trinajstić information content (AvgIpc) is 2.78. The van der Waals surface area contributed by atoms with Crippen LogP contribution >= 0.6 is 0 Å². The van der Waals surface area contributed by atoms with E-state index in [0.29, 0.717) is 11.1 Å². The van der Waals surface area contributed by atoms with E-state index in [1.54, 1.807) is 29.2 Å². The van der Waals surface area contributed by atoms with Gasteiger partial charge in [-0.1, -0.05) is 18.2 Å². The lowest BCUT2D eigenvalue weighted by atomic mass is 10.1. The van der Waals surface area contributed by atoms with E-state index in [1.807, 2.05) is 0 Å². The highest BCUT2D eigenvalue weighted by molar-refractivity contribution is 7.89. The van der Waals surface area contributed by atoms with Gasteiger partial charge in [0.05, 0.1) is 17.6 Å². The van der Waals surface area contributed by atoms with Crippen LogP contribution in [-0.2, 0) is 14.8 Å². The topological polar surface area (TPSA) is 101 Å². The van der Waals surface area contributed by atoms with Gasteiger partial charge >= 0.3 is 5.97 Å². The molecule has 3 rings (SSSR count). The summed E-state index contributed by atoms with van der Waals surface area (Å²) in [5, 5.41) is 0. The first-order valence-electron chi connectivity index (χ1n) is 9.33. The van der Waals surface area contributed by atoms with Gasteiger partial charge in [-0.3, -0.25) is 9.59 Å². The molecule has 0 aromatic heterocycles. The van der Waals surface area contributed by atoms with Crippen molar-refractivity contribution in [3.63, 3.8) is 0 Å². The number of carbonyl (C=O) groups is 3. The van der Waals surface area contributed by atoms with E-state index in [1.165, 1.54) is 42.6 Å². The molecule has 9 heteroatoms. The Morgan fingerprint density at radius 2 is 1.47 bits per heavy atom. The second kappa shape index (κ2) is 8.76. The van der Waals surface area contributed by atoms with Crippen LogP contribution < -0.4 is 0 Å². The van der Waals surface area contributed by atoms with Crippen LogP contribution in [0.1, 0.15) is 38.0 Å². The van der Waals surface area contributed by atoms with Crippen molar-refractivity contribution in [2.45, 2.75) is 11.8 Å². The molecule has 1 heterocycles. The summed E-state index contributed by atoms with van der Waals surface area (Å²) < 4.78 is 31.8. The van der Waals surface area contributed by atoms with E-state index in [0.717, 1.165) is 0 Å². The Bertz CT molecular complexity index is 1090. The Kier molecular flexibility index (Phi) is 6.33. The van der Waals surface area contributed by atoms with Crippen molar-refractivity contribution < 1.29 is 27.5 Å². The molecule has 0 saturated carbocycles. The zero-order valence-electron chi connectivity index (χ0n) is 16.7. The van der Waals surface area contributed by atoms with Crippen LogP contribution in [-0.4, -0.2) is 68.6 Å². The van der Waals surface area contributed by atoms with Crippen LogP contribution in [0.15, 0.2) is 53.4 Å². The summed E-state index contributed by atoms with van der Waals surface area (Å²) in [4.78, 5) is 37.6. The molecular formula is C21H22N2O6S. The van der Waals surface area contributed by atoms with Crippen LogP contribution in [0.5, 0.6) is 0 Å². The molecule has 0 radical (unpaired) electrons. The second-order valence-corrected chi connectivity index (χ2v) is 8.79. The Morgan fingerprint density at radius 3 is 2.10 bits per heavy atom. The van der Waals surface area contributed by atoms with Gasteiger partial charge in [0.2, 0.25) is 10.0 Å². The number of sulfonamides is 1. The van der Waals surface area contributed by atoms with Crippen molar-refractivity contribution in [3.8, 4) is 0 Å². The van der Waals surface area contributed by atoms with Crippen LogP contribution in [0.3, 0.4) is 0 Å². The minimum Gasteiger partial charge on any atom is -0.465 e. The third-order valence-corrected chi connectivity index (χ3v) is 6.83. The van der Waals surface area contributed by atoms with Crippen molar-refractivity contribution in [1.82, 2.24) is 9.21 Å². The number of Topliss-reactive ketones (excluding diaryl/α,β-unsaturated/α-hetero) is 1. The minimum absolute atomic E-state index is 0.0563. The lowest BCUT2D eigenvalue weighted by molar-refractivity contribution is 0.0600. The molecule has 0 spiro atoms. The first-order valence-corrected chi connectivity index (χ1v) is 10.8. The van der Waals surface area contributed by atoms with Gasteiger partial charge in [-0.2, -0.15) is 4.31 Å². The highest BCUT2D eigenvalue weighted by Crippen LogP contribution is 2.20. The molecule has 0 atom stereocenters. The number of piperazine rings is 1. The summed E-state index contributed by atoms with van der Waals surface area (Å²) in [6.45, 7) is 2.08. The summed E-state index contributed by atoms with van der Waals surface area (Å²) >= 11 is 0. The van der Waals surface area contributed by atoms with E-state index in [4.69, 9.17) is 0 Å². The normalized spacial score (nSPS) is 14.9. The molecule has 2 aromatic rings. The van der Waals surface area contributed by atoms with Crippen LogP contribution in [0.2, 0.25) is 0 Å². The van der Waals surface area contributed by atoms with E-state index in [9.17, 15) is 22.8 Å². The predicted molar refractivity (Wildman–Crippen MR) is 109 cm³/mol. The minimum atomic E-state index is -3.77. The first-order chi connectivity index (χ1) is 14.2. The maximum absolute atomic E-state index is 12.9. The molecule has 0 N–H and O–H groups in total. The second-order valence-electron chi connectivity index (χ2n) is 6.85. The fraction of sp³-hybridized carbons (Fsp3) is 0.286. The smallest absolute Gasteiger partial charge is 0.337 e. The number of nitrogens with zero attached hydrogens (tertiary/aromatic N) is 2. The molecule has 1 aliphatic heterocycles. The van der Waals surface area contributed by atoms with Crippen molar-refractivity contribution >= 4 is 27.7 Å². The maximum atomic E-state index is 12.9. The lowest BCUT2D eigenvalue weighted by Gasteiger charge is -2.34. The Morgan fingerprint density at radius 1 is 0.867 bits per heavy atom. The predicted octanol–water partition coefficient (Wildman–Crippen LogP) is 1.82. The van der Waals surface area contributed by atoms with Gasteiger partial charge in [0.15, 0.2) is 5.78 Å². The standard InChI is InChI=1S/C21H22N2O6S/c1-15(24)16-5-4-8-19(14-16)30(27,28)23-11-9-22(10-12-23)20(25)17-6-3-7-18(13-17)21(26)29-2/h3-8,13-14H,9-12H2,1-2H3. The van der Waals surface area contributed by atoms with Crippen LogP contribution in [0.25, 0.3) is 0 Å². The number of methoxy groups -OCH3 is 1. The average molecular weight is 430 g/mol. The fourth-order valence-electron chi connectivity index (χ4n) is 3.24. The lowest BCUT2D eigenvalue weighted by Crippen LogP contribution is -2.50. The fourth-order valence-corrected chi connectivity index (χ4v) is 4.70. The van der Waals surface area contributed by atoms with Gasteiger partial charge in [-0.25, -0.2) is 13.2 Å². The molecule has 1 fully saturated rings. The van der Waals surface area contributed by atoms with Crippen molar-refractivity contribution in [2.75, 3.05) is 33.3 Å². The first kappa shape index (κ1) is 21.7. The van der Waals surface area contributed by atoms with Crippen molar-refractivity contribution in [1.29, 1.82) is 0 Å². The molecule has 158 valence electrons. The molecule has 1 amide bonds. The molecule has 1 saturated heterocycles. The van der Waals surface area contributed by atoms with E-state index in [2.05, 4.69) is 4.74 Å². The number of carbonyl (C=O) groups excluding carboxylic acids is 3. The van der Waals surface area contributed by atoms with Gasteiger partial charge < -0.3 is 9.64 Å². The monoisotopic (exact) mass is 430 g/mol. The molecular weight excluding hydrogens is 408 g/mol. The van der Waals surface area contributed by atoms with Gasteiger partial charge in [0, 0.05) is 37.3 Å². The number of esters is 1. The van der Waals surface area contributed by atoms with Gasteiger partial charge in [0.25, 0.3) is 5.91 Å². The van der Waals surface area contributed by atoms with Gasteiger partial charge in [-0.15, -0.1) is 0 Å². The summed E-state index contributed by atoms with van der Waals surface area (Å²) in [5.74, 6) is -1.03. The highest BCUT2D eigenvalue weighted by Gasteiger charge is 2.31. The zero-order chi connectivity index (χ0) is 21.9. The summed E-state index contributed by atoms with van der Waals surface area (Å²) in [7, 11) is -2.50. The molecule has 0 aliphatic carbocycles. The van der Waals surface area contributed by atoms with E-state index < -0.39 is 16.0 Å². The molecule has 2 aromatic carbocycles. The molecule has 8 nitrogen and oxygen atoms in total. The maximum Gasteiger partial charge on any atom is 0.337 e. The van der Waals surface area contributed by atoms with Crippen molar-refractivity contribution in [2.24, 2.45) is 0 Å². The van der Waals surface area contributed by atoms with Crippen LogP contribution in [0.4, 0.5) is 0 Å². The number of benzene rings is 2. The Hall–Kier alpha value is -3.04. The van der Waals surface area contributed by atoms with Gasteiger partial charge in [0.1, 0.15) is 0 Å². The zero-order valence-corrected chi connectivity index (χ0v) is 17.5. The summed E-state index contributed by atoms with van der Waals surface area (Å²) in [5.41, 5.74) is 0.939. The Balaban J connectivity index is 1.71. The number of ketones is 1. The number of hydrogen-bond acceptors (Lipinski definition) is 6. The van der Waals surface area contributed by atoms with Crippen LogP contribution in [0, 0.1) is 0 Å². The third-order valence-electron chi connectivity index (χ3n) is 4.93. The summed E-state index contributed by atoms with van der Waals surface area (Å²) in [6, 6.07) is 12.2.